The minimum absolute atomic E-state index is 0.00607. The van der Waals surface area contributed by atoms with Crippen molar-refractivity contribution in [1.82, 2.24) is 0 Å². The quantitative estimate of drug-likeness (QED) is 0.723. The third kappa shape index (κ3) is 2.81. The number of hydrogen-bond donors (Lipinski definition) is 1. The Morgan fingerprint density at radius 1 is 0.964 bits per heavy atom. The maximum atomic E-state index is 12.9. The molecular formula is C22H22O6. The van der Waals surface area contributed by atoms with Gasteiger partial charge >= 0.3 is 0 Å². The van der Waals surface area contributed by atoms with Crippen molar-refractivity contribution in [3.63, 3.8) is 0 Å². The van der Waals surface area contributed by atoms with E-state index in [1.807, 2.05) is 18.2 Å². The van der Waals surface area contributed by atoms with Gasteiger partial charge in [0.15, 0.2) is 17.3 Å². The molecule has 0 aliphatic heterocycles. The van der Waals surface area contributed by atoms with Gasteiger partial charge in [-0.1, -0.05) is 0 Å². The molecule has 4 rings (SSSR count). The Bertz CT molecular complexity index is 1060. The monoisotopic (exact) mass is 382 g/mol. The molecule has 1 aliphatic rings. The fraction of sp³-hybridized carbons (Fsp3) is 0.318. The Labute approximate surface area is 162 Å². The second-order valence-corrected chi connectivity index (χ2v) is 6.72. The molecule has 0 unspecified atom stereocenters. The number of carbonyl (C=O) groups is 1. The van der Waals surface area contributed by atoms with Crippen LogP contribution in [0.1, 0.15) is 28.1 Å². The molecule has 0 spiro atoms. The number of aliphatic hydroxyl groups excluding tert-OH is 1. The number of furan rings is 1. The summed E-state index contributed by atoms with van der Waals surface area (Å²) < 4.78 is 22.5. The number of carbonyl (C=O) groups excluding carboxylic acids is 1. The number of aryl methyl sites for hydroxylation is 1. The van der Waals surface area contributed by atoms with Crippen LogP contribution in [0.15, 0.2) is 28.7 Å². The number of Topliss-reactive ketones (excluding diaryl/α,β-unsaturated/α-hetero) is 1. The molecule has 6 nitrogen and oxygen atoms in total. The molecule has 1 aromatic heterocycles. The van der Waals surface area contributed by atoms with E-state index >= 15 is 0 Å². The third-order valence-corrected chi connectivity index (χ3v) is 5.17. The van der Waals surface area contributed by atoms with Gasteiger partial charge in [-0.05, 0) is 41.8 Å². The minimum atomic E-state index is 0.00607. The minimum Gasteiger partial charge on any atom is -0.493 e. The second-order valence-electron chi connectivity index (χ2n) is 6.72. The van der Waals surface area contributed by atoms with E-state index < -0.39 is 0 Å². The van der Waals surface area contributed by atoms with Gasteiger partial charge < -0.3 is 23.7 Å². The Hall–Kier alpha value is -2.99. The molecular weight excluding hydrogens is 360 g/mol. The number of hydrogen-bond acceptors (Lipinski definition) is 6. The molecule has 0 radical (unpaired) electrons. The summed E-state index contributed by atoms with van der Waals surface area (Å²) in [6, 6.07) is 7.55. The number of aliphatic hydroxyl groups is 1. The Kier molecular flexibility index (Phi) is 4.73. The zero-order chi connectivity index (χ0) is 19.8. The highest BCUT2D eigenvalue weighted by molar-refractivity contribution is 6.08. The van der Waals surface area contributed by atoms with E-state index in [9.17, 15) is 9.90 Å². The number of rotatable bonds is 5. The van der Waals surface area contributed by atoms with Crippen LogP contribution < -0.4 is 14.2 Å². The zero-order valence-corrected chi connectivity index (χ0v) is 16.1. The molecule has 1 aliphatic carbocycles. The summed E-state index contributed by atoms with van der Waals surface area (Å²) in [4.78, 5) is 12.9. The van der Waals surface area contributed by atoms with Gasteiger partial charge in [0.2, 0.25) is 5.75 Å². The number of fused-ring (bicyclic) bond motifs is 4. The maximum absolute atomic E-state index is 12.9. The van der Waals surface area contributed by atoms with Crippen LogP contribution in [0.3, 0.4) is 0 Å². The highest BCUT2D eigenvalue weighted by Crippen LogP contribution is 2.49. The summed E-state index contributed by atoms with van der Waals surface area (Å²) in [5, 5.41) is 10.1. The lowest BCUT2D eigenvalue weighted by Gasteiger charge is -2.19. The van der Waals surface area contributed by atoms with E-state index in [-0.39, 0.29) is 12.4 Å². The lowest BCUT2D eigenvalue weighted by atomic mass is 9.93. The molecule has 0 amide bonds. The fourth-order valence-electron chi connectivity index (χ4n) is 3.90. The van der Waals surface area contributed by atoms with E-state index in [0.717, 1.165) is 22.1 Å². The van der Waals surface area contributed by atoms with Crippen molar-refractivity contribution in [3.8, 4) is 28.4 Å². The average molecular weight is 382 g/mol. The first-order valence-corrected chi connectivity index (χ1v) is 9.14. The van der Waals surface area contributed by atoms with E-state index in [1.54, 1.807) is 27.4 Å². The van der Waals surface area contributed by atoms with Crippen LogP contribution in [0.5, 0.6) is 17.2 Å². The van der Waals surface area contributed by atoms with Crippen molar-refractivity contribution in [2.24, 2.45) is 0 Å². The van der Waals surface area contributed by atoms with Gasteiger partial charge in [-0.15, -0.1) is 0 Å². The van der Waals surface area contributed by atoms with Gasteiger partial charge in [-0.3, -0.25) is 4.79 Å². The van der Waals surface area contributed by atoms with Crippen molar-refractivity contribution in [2.45, 2.75) is 19.3 Å². The molecule has 0 atom stereocenters. The van der Waals surface area contributed by atoms with Crippen molar-refractivity contribution < 1.29 is 28.5 Å². The van der Waals surface area contributed by atoms with E-state index in [4.69, 9.17) is 18.6 Å². The lowest BCUT2D eigenvalue weighted by Crippen LogP contribution is -2.00. The van der Waals surface area contributed by atoms with E-state index in [1.165, 1.54) is 0 Å². The summed E-state index contributed by atoms with van der Waals surface area (Å²) >= 11 is 0. The standard InChI is InChI=1S/C22H22O6/c1-25-19-10-12-4-5-17(24)15-11-18-13(8-14(28-18)6-7-23)9-16(15)20(12)22(27-3)21(19)26-2/h8-11,23H,4-7H2,1-3H3. The van der Waals surface area contributed by atoms with Gasteiger partial charge in [-0.2, -0.15) is 0 Å². The van der Waals surface area contributed by atoms with Crippen LogP contribution in [-0.4, -0.2) is 38.8 Å². The van der Waals surface area contributed by atoms with Crippen LogP contribution in [0.2, 0.25) is 0 Å². The summed E-state index contributed by atoms with van der Waals surface area (Å²) in [5.74, 6) is 2.35. The molecule has 1 heterocycles. The number of benzene rings is 2. The van der Waals surface area contributed by atoms with Crippen LogP contribution >= 0.6 is 0 Å². The van der Waals surface area contributed by atoms with Gasteiger partial charge in [0.1, 0.15) is 11.3 Å². The number of ether oxygens (including phenoxy) is 3. The Morgan fingerprint density at radius 3 is 2.43 bits per heavy atom. The molecule has 146 valence electrons. The highest BCUT2D eigenvalue weighted by Gasteiger charge is 2.28. The molecule has 6 heteroatoms. The normalized spacial score (nSPS) is 13.1. The van der Waals surface area contributed by atoms with Gasteiger partial charge in [0, 0.05) is 29.4 Å². The summed E-state index contributed by atoms with van der Waals surface area (Å²) in [6.45, 7) is 0.00607. The topological polar surface area (TPSA) is 78.1 Å². The van der Waals surface area contributed by atoms with E-state index in [0.29, 0.717) is 53.4 Å². The molecule has 0 fully saturated rings. The predicted octanol–water partition coefficient (Wildman–Crippen LogP) is 3.79. The summed E-state index contributed by atoms with van der Waals surface area (Å²) in [7, 11) is 4.73. The fourth-order valence-corrected chi connectivity index (χ4v) is 3.90. The van der Waals surface area contributed by atoms with Gasteiger partial charge in [0.05, 0.1) is 27.9 Å². The first-order chi connectivity index (χ1) is 13.6. The molecule has 0 saturated carbocycles. The smallest absolute Gasteiger partial charge is 0.203 e. The average Bonchev–Trinajstić information content (AvgIpc) is 3.05. The summed E-state index contributed by atoms with van der Waals surface area (Å²) in [5.41, 5.74) is 3.84. The second kappa shape index (κ2) is 7.20. The van der Waals surface area contributed by atoms with Crippen molar-refractivity contribution in [1.29, 1.82) is 0 Å². The van der Waals surface area contributed by atoms with Crippen molar-refractivity contribution in [2.75, 3.05) is 27.9 Å². The number of methoxy groups -OCH3 is 3. The lowest BCUT2D eigenvalue weighted by molar-refractivity contribution is 0.0984. The number of ketones is 1. The van der Waals surface area contributed by atoms with Crippen LogP contribution in [0.4, 0.5) is 0 Å². The largest absolute Gasteiger partial charge is 0.493 e. The molecule has 1 N–H and O–H groups in total. The molecule has 2 aromatic carbocycles. The van der Waals surface area contributed by atoms with Crippen molar-refractivity contribution >= 4 is 16.8 Å². The predicted molar refractivity (Wildman–Crippen MR) is 105 cm³/mol. The first-order valence-electron chi connectivity index (χ1n) is 9.14. The summed E-state index contributed by atoms with van der Waals surface area (Å²) in [6.07, 6.45) is 1.39. The third-order valence-electron chi connectivity index (χ3n) is 5.17. The zero-order valence-electron chi connectivity index (χ0n) is 16.1. The van der Waals surface area contributed by atoms with Crippen LogP contribution in [0, 0.1) is 0 Å². The van der Waals surface area contributed by atoms with Crippen LogP contribution in [-0.2, 0) is 12.8 Å². The van der Waals surface area contributed by atoms with E-state index in [2.05, 4.69) is 0 Å². The Balaban J connectivity index is 2.04. The molecule has 28 heavy (non-hydrogen) atoms. The van der Waals surface area contributed by atoms with Crippen LogP contribution in [0.25, 0.3) is 22.1 Å². The Morgan fingerprint density at radius 2 is 1.75 bits per heavy atom. The van der Waals surface area contributed by atoms with Gasteiger partial charge in [-0.25, -0.2) is 0 Å². The molecule has 0 bridgehead atoms. The molecule has 3 aromatic rings. The maximum Gasteiger partial charge on any atom is 0.203 e. The molecule has 0 saturated heterocycles. The van der Waals surface area contributed by atoms with Gasteiger partial charge in [0.25, 0.3) is 0 Å². The van der Waals surface area contributed by atoms with Crippen molar-refractivity contribution in [3.05, 3.63) is 41.2 Å². The first kappa shape index (κ1) is 18.4. The SMILES string of the molecule is COc1cc2c(c(OC)c1OC)-c1cc3cc(CCO)oc3cc1C(=O)CC2. The highest BCUT2D eigenvalue weighted by atomic mass is 16.5.